The Morgan fingerprint density at radius 2 is 2.04 bits per heavy atom. The molecule has 1 N–H and O–H groups in total. The van der Waals surface area contributed by atoms with Crippen LogP contribution in [0.2, 0.25) is 0 Å². The van der Waals surface area contributed by atoms with Crippen molar-refractivity contribution in [1.29, 1.82) is 0 Å². The fraction of sp³-hybridized carbons (Fsp3) is 0.286. The minimum absolute atomic E-state index is 0.504. The first kappa shape index (κ1) is 16.4. The summed E-state index contributed by atoms with van der Waals surface area (Å²) in [6, 6.07) is 17.9. The predicted molar refractivity (Wildman–Crippen MR) is 107 cm³/mol. The van der Waals surface area contributed by atoms with Gasteiger partial charge in [-0.05, 0) is 42.5 Å². The lowest BCUT2D eigenvalue weighted by Crippen LogP contribution is -2.26. The molecule has 1 unspecified atom stereocenters. The fourth-order valence-corrected chi connectivity index (χ4v) is 3.96. The van der Waals surface area contributed by atoms with Crippen LogP contribution >= 0.6 is 11.8 Å². The molecule has 4 rings (SSSR count). The van der Waals surface area contributed by atoms with Crippen LogP contribution in [0.25, 0.3) is 10.8 Å². The van der Waals surface area contributed by atoms with Gasteiger partial charge in [0.2, 0.25) is 0 Å². The highest BCUT2D eigenvalue weighted by Gasteiger charge is 2.22. The van der Waals surface area contributed by atoms with Gasteiger partial charge in [-0.3, -0.25) is 9.88 Å². The zero-order chi connectivity index (χ0) is 17.1. The summed E-state index contributed by atoms with van der Waals surface area (Å²) in [5.41, 5.74) is 2.62. The first-order chi connectivity index (χ1) is 12.3. The van der Waals surface area contributed by atoms with E-state index >= 15 is 0 Å². The molecule has 3 aromatic rings. The molecule has 1 fully saturated rings. The Hall–Kier alpha value is -2.04. The highest BCUT2D eigenvalue weighted by Crippen LogP contribution is 2.25. The van der Waals surface area contributed by atoms with E-state index in [0.29, 0.717) is 6.04 Å². The van der Waals surface area contributed by atoms with E-state index in [1.165, 1.54) is 33.3 Å². The van der Waals surface area contributed by atoms with E-state index in [0.717, 1.165) is 19.6 Å². The molecule has 1 aromatic heterocycles. The van der Waals surface area contributed by atoms with Gasteiger partial charge in [0.15, 0.2) is 0 Å². The predicted octanol–water partition coefficient (Wildman–Crippen LogP) is 4.64. The molecular weight excluding hydrogens is 326 g/mol. The van der Waals surface area contributed by atoms with Crippen LogP contribution in [0, 0.1) is 0 Å². The van der Waals surface area contributed by atoms with E-state index in [1.807, 2.05) is 12.4 Å². The maximum atomic E-state index is 4.22. The number of hydrogen-bond acceptors (Lipinski definition) is 4. The molecule has 1 saturated heterocycles. The Bertz CT molecular complexity index is 842. The normalized spacial score (nSPS) is 17.9. The van der Waals surface area contributed by atoms with Gasteiger partial charge in [-0.1, -0.05) is 24.3 Å². The Morgan fingerprint density at radius 3 is 2.88 bits per heavy atom. The van der Waals surface area contributed by atoms with Gasteiger partial charge in [-0.25, -0.2) is 0 Å². The molecule has 2 heterocycles. The van der Waals surface area contributed by atoms with Gasteiger partial charge in [-0.2, -0.15) is 0 Å². The summed E-state index contributed by atoms with van der Waals surface area (Å²) in [5, 5.41) is 6.19. The molecule has 128 valence electrons. The van der Waals surface area contributed by atoms with Gasteiger partial charge in [-0.15, -0.1) is 11.8 Å². The highest BCUT2D eigenvalue weighted by atomic mass is 32.2. The lowest BCUT2D eigenvalue weighted by atomic mass is 10.1. The number of anilines is 1. The fourth-order valence-electron chi connectivity index (χ4n) is 3.55. The summed E-state index contributed by atoms with van der Waals surface area (Å²) < 4.78 is 0. The van der Waals surface area contributed by atoms with Crippen LogP contribution in [-0.2, 0) is 6.54 Å². The number of hydrogen-bond donors (Lipinski definition) is 1. The van der Waals surface area contributed by atoms with Crippen molar-refractivity contribution in [3.05, 3.63) is 66.5 Å². The zero-order valence-corrected chi connectivity index (χ0v) is 15.3. The second kappa shape index (κ2) is 7.46. The number of aromatic nitrogens is 1. The van der Waals surface area contributed by atoms with E-state index in [1.54, 1.807) is 11.8 Å². The third-order valence-electron chi connectivity index (χ3n) is 4.88. The molecule has 2 aromatic carbocycles. The molecule has 3 nitrogen and oxygen atoms in total. The van der Waals surface area contributed by atoms with Gasteiger partial charge in [0.05, 0.1) is 0 Å². The molecule has 0 bridgehead atoms. The number of pyridine rings is 1. The van der Waals surface area contributed by atoms with Gasteiger partial charge in [0.1, 0.15) is 0 Å². The molecule has 4 heteroatoms. The standard InChI is InChI=1S/C21H23N3S/c1-25-19-7-5-16(6-8-19)14-24-12-10-18(15-24)23-21-4-2-3-17-13-22-11-9-20(17)21/h2-9,11,13,18,23H,10,12,14-15H2,1H3. The minimum atomic E-state index is 0.504. The highest BCUT2D eigenvalue weighted by molar-refractivity contribution is 7.98. The maximum absolute atomic E-state index is 4.22. The molecular formula is C21H23N3S. The van der Waals surface area contributed by atoms with E-state index in [-0.39, 0.29) is 0 Å². The first-order valence-electron chi connectivity index (χ1n) is 8.76. The molecule has 1 atom stereocenters. The molecule has 25 heavy (non-hydrogen) atoms. The van der Waals surface area contributed by atoms with Gasteiger partial charge >= 0.3 is 0 Å². The molecule has 1 aliphatic heterocycles. The van der Waals surface area contributed by atoms with Crippen LogP contribution < -0.4 is 5.32 Å². The maximum Gasteiger partial charge on any atom is 0.0423 e. The van der Waals surface area contributed by atoms with Gasteiger partial charge < -0.3 is 5.32 Å². The number of nitrogens with zero attached hydrogens (tertiary/aromatic N) is 2. The van der Waals surface area contributed by atoms with Crippen LogP contribution in [0.15, 0.2) is 65.8 Å². The van der Waals surface area contributed by atoms with Crippen LogP contribution in [-0.4, -0.2) is 35.3 Å². The Balaban J connectivity index is 1.40. The summed E-state index contributed by atoms with van der Waals surface area (Å²) in [6.07, 6.45) is 7.10. The second-order valence-electron chi connectivity index (χ2n) is 6.62. The molecule has 0 amide bonds. The molecule has 0 radical (unpaired) electrons. The monoisotopic (exact) mass is 349 g/mol. The number of benzene rings is 2. The average molecular weight is 350 g/mol. The lowest BCUT2D eigenvalue weighted by Gasteiger charge is -2.18. The van der Waals surface area contributed by atoms with Crippen molar-refractivity contribution in [3.63, 3.8) is 0 Å². The molecule has 0 aliphatic carbocycles. The summed E-state index contributed by atoms with van der Waals surface area (Å²) in [6.45, 7) is 3.27. The van der Waals surface area contributed by atoms with Crippen molar-refractivity contribution in [2.75, 3.05) is 24.7 Å². The number of likely N-dealkylation sites (tertiary alicyclic amines) is 1. The topological polar surface area (TPSA) is 28.2 Å². The SMILES string of the molecule is CSc1ccc(CN2CCC(Nc3cccc4cnccc34)C2)cc1. The van der Waals surface area contributed by atoms with Crippen LogP contribution in [0.3, 0.4) is 0 Å². The molecule has 0 saturated carbocycles. The van der Waals surface area contributed by atoms with Crippen LogP contribution in [0.1, 0.15) is 12.0 Å². The Labute approximate surface area is 153 Å². The van der Waals surface area contributed by atoms with Crippen molar-refractivity contribution < 1.29 is 0 Å². The number of rotatable bonds is 5. The number of fused-ring (bicyclic) bond motifs is 1. The van der Waals surface area contributed by atoms with E-state index in [4.69, 9.17) is 0 Å². The van der Waals surface area contributed by atoms with Crippen LogP contribution in [0.5, 0.6) is 0 Å². The number of thioether (sulfide) groups is 1. The lowest BCUT2D eigenvalue weighted by molar-refractivity contribution is 0.328. The minimum Gasteiger partial charge on any atom is -0.380 e. The summed E-state index contributed by atoms with van der Waals surface area (Å²) in [4.78, 5) is 8.09. The molecule has 1 aliphatic rings. The van der Waals surface area contributed by atoms with Crippen molar-refractivity contribution >= 4 is 28.2 Å². The third-order valence-corrected chi connectivity index (χ3v) is 5.62. The first-order valence-corrected chi connectivity index (χ1v) is 9.99. The van der Waals surface area contributed by atoms with Crippen molar-refractivity contribution in [1.82, 2.24) is 9.88 Å². The van der Waals surface area contributed by atoms with Gasteiger partial charge in [0, 0.05) is 59.4 Å². The van der Waals surface area contributed by atoms with E-state index in [9.17, 15) is 0 Å². The Morgan fingerprint density at radius 1 is 1.16 bits per heavy atom. The average Bonchev–Trinajstić information content (AvgIpc) is 3.09. The summed E-state index contributed by atoms with van der Waals surface area (Å²) >= 11 is 1.79. The Kier molecular flexibility index (Phi) is 4.90. The smallest absolute Gasteiger partial charge is 0.0423 e. The third kappa shape index (κ3) is 3.80. The van der Waals surface area contributed by atoms with Crippen molar-refractivity contribution in [2.24, 2.45) is 0 Å². The van der Waals surface area contributed by atoms with Gasteiger partial charge in [0.25, 0.3) is 0 Å². The second-order valence-corrected chi connectivity index (χ2v) is 7.50. The largest absolute Gasteiger partial charge is 0.380 e. The zero-order valence-electron chi connectivity index (χ0n) is 14.5. The van der Waals surface area contributed by atoms with E-state index in [2.05, 4.69) is 70.0 Å². The van der Waals surface area contributed by atoms with Crippen molar-refractivity contribution in [3.8, 4) is 0 Å². The summed E-state index contributed by atoms with van der Waals surface area (Å²) in [7, 11) is 0. The van der Waals surface area contributed by atoms with Crippen LogP contribution in [0.4, 0.5) is 5.69 Å². The van der Waals surface area contributed by atoms with E-state index < -0.39 is 0 Å². The quantitative estimate of drug-likeness (QED) is 0.679. The molecule has 0 spiro atoms. The number of nitrogens with one attached hydrogen (secondary N) is 1. The van der Waals surface area contributed by atoms with Crippen molar-refractivity contribution in [2.45, 2.75) is 23.9 Å². The summed E-state index contributed by atoms with van der Waals surface area (Å²) in [5.74, 6) is 0.